The second-order valence-corrected chi connectivity index (χ2v) is 10.3. The monoisotopic (exact) mass is 517 g/mol. The van der Waals surface area contributed by atoms with E-state index in [9.17, 15) is 15.0 Å². The van der Waals surface area contributed by atoms with Gasteiger partial charge < -0.3 is 25.4 Å². The van der Waals surface area contributed by atoms with Crippen LogP contribution in [0.2, 0.25) is 0 Å². The van der Waals surface area contributed by atoms with Crippen LogP contribution in [0.1, 0.15) is 67.7 Å². The van der Waals surface area contributed by atoms with Gasteiger partial charge in [-0.1, -0.05) is 12.1 Å². The Hall–Kier alpha value is -3.77. The van der Waals surface area contributed by atoms with E-state index < -0.39 is 17.2 Å². The third-order valence-electron chi connectivity index (χ3n) is 6.24. The first kappa shape index (κ1) is 28.8. The van der Waals surface area contributed by atoms with E-state index in [4.69, 9.17) is 25.5 Å². The summed E-state index contributed by atoms with van der Waals surface area (Å²) in [6, 6.07) is 17.6. The summed E-state index contributed by atoms with van der Waals surface area (Å²) in [5.74, 6) is 0.640. The molecule has 0 aliphatic rings. The van der Waals surface area contributed by atoms with E-state index in [1.807, 2.05) is 19.9 Å². The van der Waals surface area contributed by atoms with E-state index in [-0.39, 0.29) is 25.2 Å². The zero-order valence-electron chi connectivity index (χ0n) is 22.5. The van der Waals surface area contributed by atoms with Crippen LogP contribution in [0.4, 0.5) is 0 Å². The zero-order chi connectivity index (χ0) is 28.1. The lowest BCUT2D eigenvalue weighted by atomic mass is 9.88. The molecule has 1 heterocycles. The highest BCUT2D eigenvalue weighted by molar-refractivity contribution is 5.96. The standard InChI is InChI=1S/C30H35N3O5/c1-19(34)18-38-26-11-10-22(14-27(26)37-5)25(35)12-13-30(4,36)28-16-23(29(2,3)32)15-24(33-28)21-8-6-20(17-31)7-9-21/h6-11,14-16,19,34,36H,12-13,18,32H2,1-5H3/t19-,30+/m1/s1. The predicted molar refractivity (Wildman–Crippen MR) is 145 cm³/mol. The fraction of sp³-hybridized carbons (Fsp3) is 0.367. The molecule has 2 atom stereocenters. The Kier molecular flexibility index (Phi) is 8.89. The van der Waals surface area contributed by atoms with E-state index in [1.165, 1.54) is 7.11 Å². The molecule has 0 amide bonds. The maximum Gasteiger partial charge on any atom is 0.163 e. The van der Waals surface area contributed by atoms with Crippen LogP contribution in [0.3, 0.4) is 0 Å². The first-order valence-electron chi connectivity index (χ1n) is 12.4. The molecule has 0 unspecified atom stereocenters. The summed E-state index contributed by atoms with van der Waals surface area (Å²) in [7, 11) is 1.48. The van der Waals surface area contributed by atoms with Gasteiger partial charge in [0, 0.05) is 23.1 Å². The molecular weight excluding hydrogens is 482 g/mol. The van der Waals surface area contributed by atoms with Gasteiger partial charge in [0.25, 0.3) is 0 Å². The molecule has 0 spiro atoms. The minimum absolute atomic E-state index is 0.0636. The molecule has 0 aliphatic carbocycles. The zero-order valence-corrected chi connectivity index (χ0v) is 22.5. The molecule has 0 bridgehead atoms. The predicted octanol–water partition coefficient (Wildman–Crippen LogP) is 4.45. The molecule has 38 heavy (non-hydrogen) atoms. The number of carbonyl (C=O) groups excluding carboxylic acids is 1. The number of ketones is 1. The SMILES string of the molecule is COc1cc(C(=O)CC[C@](C)(O)c2cc(C(C)(C)N)cc(-c3ccc(C#N)cc3)n2)ccc1OC[C@@H](C)O. The topological polar surface area (TPSA) is 139 Å². The summed E-state index contributed by atoms with van der Waals surface area (Å²) >= 11 is 0. The fourth-order valence-electron chi connectivity index (χ4n) is 3.84. The molecule has 4 N–H and O–H groups in total. The molecule has 0 saturated carbocycles. The number of benzene rings is 2. The molecule has 0 saturated heterocycles. The molecule has 0 radical (unpaired) electrons. The summed E-state index contributed by atoms with van der Waals surface area (Å²) in [5, 5.41) is 30.0. The smallest absolute Gasteiger partial charge is 0.163 e. The number of Topliss-reactive ketones (excluding diaryl/α,β-unsaturated/α-hetero) is 1. The molecule has 8 heteroatoms. The van der Waals surface area contributed by atoms with Crippen LogP contribution in [0.25, 0.3) is 11.3 Å². The maximum atomic E-state index is 13.0. The highest BCUT2D eigenvalue weighted by Crippen LogP contribution is 2.33. The maximum absolute atomic E-state index is 13.0. The van der Waals surface area contributed by atoms with E-state index in [0.717, 1.165) is 11.1 Å². The van der Waals surface area contributed by atoms with E-state index in [2.05, 4.69) is 6.07 Å². The van der Waals surface area contributed by atoms with Crippen LogP contribution in [-0.2, 0) is 11.1 Å². The quantitative estimate of drug-likeness (QED) is 0.317. The third kappa shape index (κ3) is 7.17. The van der Waals surface area contributed by atoms with Crippen molar-refractivity contribution in [3.05, 3.63) is 77.0 Å². The van der Waals surface area contributed by atoms with Gasteiger partial charge in [0.2, 0.25) is 0 Å². The van der Waals surface area contributed by atoms with Gasteiger partial charge in [-0.2, -0.15) is 5.26 Å². The van der Waals surface area contributed by atoms with Gasteiger partial charge in [0.1, 0.15) is 12.2 Å². The van der Waals surface area contributed by atoms with Crippen molar-refractivity contribution in [2.24, 2.45) is 5.73 Å². The lowest BCUT2D eigenvalue weighted by molar-refractivity contribution is 0.0396. The Morgan fingerprint density at radius 3 is 2.37 bits per heavy atom. The van der Waals surface area contributed by atoms with E-state index in [1.54, 1.807) is 62.4 Å². The Labute approximate surface area is 223 Å². The van der Waals surface area contributed by atoms with E-state index in [0.29, 0.717) is 34.0 Å². The Balaban J connectivity index is 1.85. The largest absolute Gasteiger partial charge is 0.493 e. The van der Waals surface area contributed by atoms with Crippen molar-refractivity contribution in [3.8, 4) is 28.8 Å². The minimum Gasteiger partial charge on any atom is -0.493 e. The van der Waals surface area contributed by atoms with Gasteiger partial charge in [-0.05, 0) is 82.1 Å². The minimum atomic E-state index is -1.41. The molecule has 1 aromatic heterocycles. The van der Waals surface area contributed by atoms with Crippen LogP contribution in [0.5, 0.6) is 11.5 Å². The lowest BCUT2D eigenvalue weighted by Gasteiger charge is -2.27. The number of rotatable bonds is 11. The number of hydrogen-bond donors (Lipinski definition) is 3. The Bertz CT molecular complexity index is 1320. The molecule has 2 aromatic carbocycles. The normalized spacial score (nSPS) is 13.8. The van der Waals surface area contributed by atoms with Gasteiger partial charge in [-0.25, -0.2) is 4.98 Å². The number of aliphatic hydroxyl groups excluding tert-OH is 1. The van der Waals surface area contributed by atoms with Crippen molar-refractivity contribution >= 4 is 5.78 Å². The Morgan fingerprint density at radius 2 is 1.79 bits per heavy atom. The first-order chi connectivity index (χ1) is 17.8. The average Bonchev–Trinajstić information content (AvgIpc) is 2.89. The average molecular weight is 518 g/mol. The second kappa shape index (κ2) is 11.7. The molecular formula is C30H35N3O5. The number of nitrogens with zero attached hydrogens (tertiary/aromatic N) is 2. The van der Waals surface area contributed by atoms with Crippen molar-refractivity contribution in [3.63, 3.8) is 0 Å². The van der Waals surface area contributed by atoms with Crippen LogP contribution >= 0.6 is 0 Å². The Morgan fingerprint density at radius 1 is 1.11 bits per heavy atom. The van der Waals surface area contributed by atoms with E-state index >= 15 is 0 Å². The van der Waals surface area contributed by atoms with Crippen molar-refractivity contribution < 1.29 is 24.5 Å². The lowest BCUT2D eigenvalue weighted by Crippen LogP contribution is -2.31. The number of pyridine rings is 1. The highest BCUT2D eigenvalue weighted by atomic mass is 16.5. The van der Waals surface area contributed by atoms with Gasteiger partial charge in [0.05, 0.1) is 36.2 Å². The fourth-order valence-corrected chi connectivity index (χ4v) is 3.84. The number of carbonyl (C=O) groups is 1. The summed E-state index contributed by atoms with van der Waals surface area (Å²) < 4.78 is 10.9. The molecule has 3 rings (SSSR count). The van der Waals surface area contributed by atoms with Crippen molar-refractivity contribution in [1.29, 1.82) is 5.26 Å². The summed E-state index contributed by atoms with van der Waals surface area (Å²) in [5.41, 5.74) is 7.83. The van der Waals surface area contributed by atoms with Gasteiger partial charge in [-0.3, -0.25) is 4.79 Å². The van der Waals surface area contributed by atoms with Crippen molar-refractivity contribution in [1.82, 2.24) is 4.98 Å². The first-order valence-corrected chi connectivity index (χ1v) is 12.4. The molecule has 3 aromatic rings. The van der Waals surface area contributed by atoms with Gasteiger partial charge in [0.15, 0.2) is 17.3 Å². The van der Waals surface area contributed by atoms with Gasteiger partial charge in [-0.15, -0.1) is 0 Å². The van der Waals surface area contributed by atoms with Crippen LogP contribution in [0, 0.1) is 11.3 Å². The van der Waals surface area contributed by atoms with Crippen LogP contribution in [0.15, 0.2) is 54.6 Å². The number of hydrogen-bond acceptors (Lipinski definition) is 8. The molecule has 0 fully saturated rings. The van der Waals surface area contributed by atoms with Crippen LogP contribution < -0.4 is 15.2 Å². The third-order valence-corrected chi connectivity index (χ3v) is 6.24. The van der Waals surface area contributed by atoms with Crippen molar-refractivity contribution in [2.45, 2.75) is 57.8 Å². The number of nitriles is 1. The molecule has 0 aliphatic heterocycles. The number of aromatic nitrogens is 1. The number of nitrogens with two attached hydrogens (primary N) is 1. The van der Waals surface area contributed by atoms with Crippen molar-refractivity contribution in [2.75, 3.05) is 13.7 Å². The molecule has 200 valence electrons. The summed E-state index contributed by atoms with van der Waals surface area (Å²) in [4.78, 5) is 17.7. The number of methoxy groups -OCH3 is 1. The summed E-state index contributed by atoms with van der Waals surface area (Å²) in [6.07, 6.45) is -0.450. The van der Waals surface area contributed by atoms with Gasteiger partial charge >= 0.3 is 0 Å². The number of ether oxygens (including phenoxy) is 2. The van der Waals surface area contributed by atoms with Crippen LogP contribution in [-0.4, -0.2) is 40.8 Å². The molecule has 8 nitrogen and oxygen atoms in total. The number of aliphatic hydroxyl groups is 2. The summed E-state index contributed by atoms with van der Waals surface area (Å²) in [6.45, 7) is 7.08. The highest BCUT2D eigenvalue weighted by Gasteiger charge is 2.29. The second-order valence-electron chi connectivity index (χ2n) is 10.3.